The standard InChI is InChI=1S/C15H22N2O3S2/c18-22(19,17-8-11-20-12-9-17)16-7-6-15(21-13-10-16)14-4-2-1-3-5-14/h1-5,15H,6-13H2/t15-/m1/s1. The molecule has 0 bridgehead atoms. The summed E-state index contributed by atoms with van der Waals surface area (Å²) in [7, 11) is -3.34. The SMILES string of the molecule is O=S(=O)(N1CCOCC1)N1CCS[C@@H](c2ccccc2)CC1. The highest BCUT2D eigenvalue weighted by Crippen LogP contribution is 2.35. The summed E-state index contributed by atoms with van der Waals surface area (Å²) in [4.78, 5) is 0. The number of thioether (sulfide) groups is 1. The quantitative estimate of drug-likeness (QED) is 0.840. The van der Waals surface area contributed by atoms with Gasteiger partial charge in [-0.2, -0.15) is 28.8 Å². The lowest BCUT2D eigenvalue weighted by Gasteiger charge is -2.31. The van der Waals surface area contributed by atoms with E-state index in [0.29, 0.717) is 44.6 Å². The first-order valence-corrected chi connectivity index (χ1v) is 10.1. The molecule has 3 rings (SSSR count). The molecule has 0 saturated carbocycles. The highest BCUT2D eigenvalue weighted by Gasteiger charge is 2.32. The van der Waals surface area contributed by atoms with E-state index in [4.69, 9.17) is 4.74 Å². The van der Waals surface area contributed by atoms with E-state index in [2.05, 4.69) is 12.1 Å². The summed E-state index contributed by atoms with van der Waals surface area (Å²) in [5.74, 6) is 0.836. The van der Waals surface area contributed by atoms with Crippen molar-refractivity contribution in [1.82, 2.24) is 8.61 Å². The zero-order chi connectivity index (χ0) is 15.4. The zero-order valence-corrected chi connectivity index (χ0v) is 14.2. The van der Waals surface area contributed by atoms with Gasteiger partial charge in [-0.05, 0) is 12.0 Å². The minimum atomic E-state index is -3.34. The van der Waals surface area contributed by atoms with Gasteiger partial charge < -0.3 is 4.74 Å². The smallest absolute Gasteiger partial charge is 0.282 e. The summed E-state index contributed by atoms with van der Waals surface area (Å²) in [5, 5.41) is 0.381. The van der Waals surface area contributed by atoms with Crippen LogP contribution in [0.2, 0.25) is 0 Å². The second kappa shape index (κ2) is 7.31. The summed E-state index contributed by atoms with van der Waals surface area (Å²) in [5.41, 5.74) is 1.29. The van der Waals surface area contributed by atoms with Gasteiger partial charge in [0.1, 0.15) is 0 Å². The van der Waals surface area contributed by atoms with Crippen molar-refractivity contribution in [2.75, 3.05) is 45.1 Å². The fourth-order valence-electron chi connectivity index (χ4n) is 2.86. The molecule has 0 unspecified atom stereocenters. The molecule has 0 aliphatic carbocycles. The lowest BCUT2D eigenvalue weighted by molar-refractivity contribution is 0.0703. The van der Waals surface area contributed by atoms with Gasteiger partial charge in [0.05, 0.1) is 13.2 Å². The molecule has 0 radical (unpaired) electrons. The van der Waals surface area contributed by atoms with Crippen molar-refractivity contribution in [3.8, 4) is 0 Å². The molecular weight excluding hydrogens is 320 g/mol. The van der Waals surface area contributed by atoms with Crippen molar-refractivity contribution in [3.05, 3.63) is 35.9 Å². The summed E-state index contributed by atoms with van der Waals surface area (Å²) in [6.07, 6.45) is 0.859. The Balaban J connectivity index is 1.67. The zero-order valence-electron chi connectivity index (χ0n) is 12.6. The third kappa shape index (κ3) is 3.65. The predicted octanol–water partition coefficient (Wildman–Crippen LogP) is 1.74. The van der Waals surface area contributed by atoms with Crippen molar-refractivity contribution < 1.29 is 13.2 Å². The molecule has 0 spiro atoms. The Morgan fingerprint density at radius 3 is 2.41 bits per heavy atom. The van der Waals surface area contributed by atoms with Gasteiger partial charge in [0.15, 0.2) is 0 Å². The number of benzene rings is 1. The predicted molar refractivity (Wildman–Crippen MR) is 89.1 cm³/mol. The topological polar surface area (TPSA) is 49.9 Å². The average Bonchev–Trinajstić information content (AvgIpc) is 2.83. The van der Waals surface area contributed by atoms with Crippen molar-refractivity contribution in [3.63, 3.8) is 0 Å². The van der Waals surface area contributed by atoms with Crippen LogP contribution in [0.1, 0.15) is 17.2 Å². The molecule has 0 amide bonds. The molecule has 1 aromatic carbocycles. The second-order valence-corrected chi connectivity index (χ2v) is 8.72. The molecule has 22 heavy (non-hydrogen) atoms. The number of rotatable bonds is 3. The highest BCUT2D eigenvalue weighted by molar-refractivity contribution is 7.99. The number of nitrogens with zero attached hydrogens (tertiary/aromatic N) is 2. The molecule has 2 saturated heterocycles. The third-order valence-corrected chi connectivity index (χ3v) is 7.46. The first-order chi connectivity index (χ1) is 10.7. The van der Waals surface area contributed by atoms with Crippen LogP contribution in [0.3, 0.4) is 0 Å². The largest absolute Gasteiger partial charge is 0.379 e. The fourth-order valence-corrected chi connectivity index (χ4v) is 5.80. The Labute approximate surface area is 136 Å². The first-order valence-electron chi connectivity index (χ1n) is 7.67. The maximum Gasteiger partial charge on any atom is 0.282 e. The number of ether oxygens (including phenoxy) is 1. The van der Waals surface area contributed by atoms with Gasteiger partial charge in [-0.15, -0.1) is 0 Å². The molecular formula is C15H22N2O3S2. The molecule has 0 aromatic heterocycles. The maximum absolute atomic E-state index is 12.7. The van der Waals surface area contributed by atoms with E-state index >= 15 is 0 Å². The molecule has 2 aliphatic heterocycles. The van der Waals surface area contributed by atoms with E-state index < -0.39 is 10.2 Å². The van der Waals surface area contributed by atoms with E-state index in [-0.39, 0.29) is 0 Å². The Bertz CT molecular complexity index is 574. The van der Waals surface area contributed by atoms with Crippen LogP contribution in [0.5, 0.6) is 0 Å². The Morgan fingerprint density at radius 2 is 1.68 bits per heavy atom. The van der Waals surface area contributed by atoms with Crippen LogP contribution in [0.25, 0.3) is 0 Å². The summed E-state index contributed by atoms with van der Waals surface area (Å²) in [6.45, 7) is 3.10. The second-order valence-electron chi connectivity index (χ2n) is 5.48. The average molecular weight is 342 g/mol. The number of morpholine rings is 1. The first kappa shape index (κ1) is 16.3. The van der Waals surface area contributed by atoms with Crippen LogP contribution in [-0.4, -0.2) is 62.2 Å². The van der Waals surface area contributed by atoms with Gasteiger partial charge in [-0.1, -0.05) is 30.3 Å². The van der Waals surface area contributed by atoms with Crippen molar-refractivity contribution in [2.24, 2.45) is 0 Å². The van der Waals surface area contributed by atoms with Crippen LogP contribution in [-0.2, 0) is 14.9 Å². The van der Waals surface area contributed by atoms with E-state index in [0.717, 1.165) is 12.2 Å². The monoisotopic (exact) mass is 342 g/mol. The molecule has 2 aliphatic rings. The van der Waals surface area contributed by atoms with E-state index in [1.54, 1.807) is 8.61 Å². The van der Waals surface area contributed by atoms with Crippen LogP contribution >= 0.6 is 11.8 Å². The minimum absolute atomic E-state index is 0.381. The normalized spacial score (nSPS) is 25.7. The molecule has 122 valence electrons. The van der Waals surface area contributed by atoms with Crippen molar-refractivity contribution in [2.45, 2.75) is 11.7 Å². The minimum Gasteiger partial charge on any atom is -0.379 e. The molecule has 2 heterocycles. The van der Waals surface area contributed by atoms with Crippen LogP contribution in [0, 0.1) is 0 Å². The van der Waals surface area contributed by atoms with Crippen molar-refractivity contribution >= 4 is 22.0 Å². The van der Waals surface area contributed by atoms with Crippen LogP contribution < -0.4 is 0 Å². The lowest BCUT2D eigenvalue weighted by Crippen LogP contribution is -2.49. The van der Waals surface area contributed by atoms with Crippen molar-refractivity contribution in [1.29, 1.82) is 0 Å². The van der Waals surface area contributed by atoms with E-state index in [1.807, 2.05) is 30.0 Å². The Morgan fingerprint density at radius 1 is 1.00 bits per heavy atom. The van der Waals surface area contributed by atoms with Gasteiger partial charge >= 0.3 is 0 Å². The lowest BCUT2D eigenvalue weighted by atomic mass is 10.1. The van der Waals surface area contributed by atoms with Gasteiger partial charge in [0.2, 0.25) is 0 Å². The molecule has 1 aromatic rings. The molecule has 0 N–H and O–H groups in total. The fraction of sp³-hybridized carbons (Fsp3) is 0.600. The summed E-state index contributed by atoms with van der Waals surface area (Å²) >= 11 is 1.85. The summed E-state index contributed by atoms with van der Waals surface area (Å²) < 4.78 is 33.9. The Hall–Kier alpha value is -0.600. The Kier molecular flexibility index (Phi) is 5.41. The number of hydrogen-bond acceptors (Lipinski definition) is 4. The molecule has 5 nitrogen and oxygen atoms in total. The van der Waals surface area contributed by atoms with Gasteiger partial charge in [0, 0.05) is 37.2 Å². The molecule has 7 heteroatoms. The van der Waals surface area contributed by atoms with Crippen LogP contribution in [0.4, 0.5) is 0 Å². The summed E-state index contributed by atoms with van der Waals surface area (Å²) in [6, 6.07) is 10.4. The molecule has 2 fully saturated rings. The van der Waals surface area contributed by atoms with Gasteiger partial charge in [0.25, 0.3) is 10.2 Å². The van der Waals surface area contributed by atoms with Gasteiger partial charge in [-0.25, -0.2) is 0 Å². The van der Waals surface area contributed by atoms with Crippen LogP contribution in [0.15, 0.2) is 30.3 Å². The highest BCUT2D eigenvalue weighted by atomic mass is 32.2. The molecule has 1 atom stereocenters. The van der Waals surface area contributed by atoms with E-state index in [1.165, 1.54) is 5.56 Å². The third-order valence-electron chi connectivity index (χ3n) is 4.09. The van der Waals surface area contributed by atoms with Gasteiger partial charge in [-0.3, -0.25) is 0 Å². The maximum atomic E-state index is 12.7. The van der Waals surface area contributed by atoms with E-state index in [9.17, 15) is 8.42 Å². The number of hydrogen-bond donors (Lipinski definition) is 0.